The van der Waals surface area contributed by atoms with Crippen LogP contribution in [-0.2, 0) is 0 Å². The van der Waals surface area contributed by atoms with Crippen molar-refractivity contribution < 1.29 is 9.21 Å². The highest BCUT2D eigenvalue weighted by atomic mass is 35.5. The van der Waals surface area contributed by atoms with E-state index in [9.17, 15) is 4.79 Å². The second-order valence-electron chi connectivity index (χ2n) is 3.99. The molecule has 0 bridgehead atoms. The lowest BCUT2D eigenvalue weighted by atomic mass is 10.3. The summed E-state index contributed by atoms with van der Waals surface area (Å²) in [7, 11) is 0. The smallest absolute Gasteiger partial charge is 0.287 e. The van der Waals surface area contributed by atoms with Crippen LogP contribution in [0.25, 0.3) is 0 Å². The van der Waals surface area contributed by atoms with Gasteiger partial charge in [-0.25, -0.2) is 0 Å². The standard InChI is InChI=1S/C12H18ClNO2S/c1-8(2)17-7-6-14-12(15)11-5-4-10(16-11)9(3)13/h4-5,8-9H,6-7H2,1-3H3,(H,14,15). The zero-order chi connectivity index (χ0) is 12.8. The molecule has 0 aliphatic carbocycles. The van der Waals surface area contributed by atoms with Gasteiger partial charge in [0, 0.05) is 12.3 Å². The molecule has 1 rings (SSSR count). The zero-order valence-electron chi connectivity index (χ0n) is 10.3. The zero-order valence-corrected chi connectivity index (χ0v) is 11.9. The van der Waals surface area contributed by atoms with Crippen LogP contribution < -0.4 is 5.32 Å². The highest BCUT2D eigenvalue weighted by molar-refractivity contribution is 7.99. The average molecular weight is 276 g/mol. The predicted octanol–water partition coefficient (Wildman–Crippen LogP) is 3.45. The van der Waals surface area contributed by atoms with Crippen LogP contribution in [0.15, 0.2) is 16.5 Å². The first-order valence-electron chi connectivity index (χ1n) is 5.64. The Morgan fingerprint density at radius 2 is 2.18 bits per heavy atom. The van der Waals surface area contributed by atoms with Crippen LogP contribution in [-0.4, -0.2) is 23.5 Å². The lowest BCUT2D eigenvalue weighted by Gasteiger charge is -2.05. The van der Waals surface area contributed by atoms with Crippen LogP contribution in [0, 0.1) is 0 Å². The van der Waals surface area contributed by atoms with Gasteiger partial charge in [0.1, 0.15) is 5.76 Å². The third-order valence-corrected chi connectivity index (χ3v) is 3.40. The molecular formula is C12H18ClNO2S. The van der Waals surface area contributed by atoms with E-state index >= 15 is 0 Å². The number of hydrogen-bond donors (Lipinski definition) is 1. The van der Waals surface area contributed by atoms with Crippen molar-refractivity contribution in [2.24, 2.45) is 0 Å². The molecule has 0 radical (unpaired) electrons. The van der Waals surface area contributed by atoms with E-state index in [1.165, 1.54) is 0 Å². The van der Waals surface area contributed by atoms with Crippen molar-refractivity contribution in [2.45, 2.75) is 31.4 Å². The Morgan fingerprint density at radius 3 is 2.71 bits per heavy atom. The van der Waals surface area contributed by atoms with Crippen LogP contribution in [0.1, 0.15) is 42.5 Å². The number of hydrogen-bond acceptors (Lipinski definition) is 3. The quantitative estimate of drug-likeness (QED) is 0.639. The maximum absolute atomic E-state index is 11.7. The average Bonchev–Trinajstić information content (AvgIpc) is 2.73. The molecule has 0 saturated heterocycles. The van der Waals surface area contributed by atoms with Crippen LogP contribution in [0.4, 0.5) is 0 Å². The van der Waals surface area contributed by atoms with Crippen molar-refractivity contribution in [3.8, 4) is 0 Å². The summed E-state index contributed by atoms with van der Waals surface area (Å²) in [5.74, 6) is 1.66. The Hall–Kier alpha value is -0.610. The lowest BCUT2D eigenvalue weighted by Crippen LogP contribution is -2.25. The van der Waals surface area contributed by atoms with Gasteiger partial charge < -0.3 is 9.73 Å². The summed E-state index contributed by atoms with van der Waals surface area (Å²) in [6, 6.07) is 3.38. The molecule has 1 N–H and O–H groups in total. The molecule has 0 aromatic carbocycles. The number of amides is 1. The molecule has 3 nitrogen and oxygen atoms in total. The van der Waals surface area contributed by atoms with Crippen LogP contribution in [0.2, 0.25) is 0 Å². The molecule has 1 amide bonds. The van der Waals surface area contributed by atoms with Crippen molar-refractivity contribution >= 4 is 29.3 Å². The second kappa shape index (κ2) is 6.97. The van der Waals surface area contributed by atoms with Gasteiger partial charge in [0.05, 0.1) is 5.38 Å². The van der Waals surface area contributed by atoms with Gasteiger partial charge in [0.15, 0.2) is 5.76 Å². The monoisotopic (exact) mass is 275 g/mol. The third kappa shape index (κ3) is 5.04. The van der Waals surface area contributed by atoms with Gasteiger partial charge in [0.25, 0.3) is 5.91 Å². The molecule has 1 aromatic heterocycles. The number of carbonyl (C=O) groups is 1. The topological polar surface area (TPSA) is 42.2 Å². The molecule has 96 valence electrons. The van der Waals surface area contributed by atoms with Gasteiger partial charge in [-0.05, 0) is 24.3 Å². The molecule has 0 spiro atoms. The molecule has 1 atom stereocenters. The van der Waals surface area contributed by atoms with E-state index in [0.29, 0.717) is 23.3 Å². The summed E-state index contributed by atoms with van der Waals surface area (Å²) in [6.45, 7) is 6.72. The first-order chi connectivity index (χ1) is 8.00. The fourth-order valence-corrected chi connectivity index (χ4v) is 2.04. The Bertz CT molecular complexity index is 363. The largest absolute Gasteiger partial charge is 0.454 e. The molecule has 1 aromatic rings. The van der Waals surface area contributed by atoms with Crippen molar-refractivity contribution in [1.29, 1.82) is 0 Å². The van der Waals surface area contributed by atoms with E-state index in [1.807, 2.05) is 11.8 Å². The Balaban J connectivity index is 2.36. The summed E-state index contributed by atoms with van der Waals surface area (Å²) in [5.41, 5.74) is 0. The molecule has 0 saturated carbocycles. The third-order valence-electron chi connectivity index (χ3n) is 2.08. The summed E-state index contributed by atoms with van der Waals surface area (Å²) in [6.07, 6.45) is 0. The second-order valence-corrected chi connectivity index (χ2v) is 6.33. The van der Waals surface area contributed by atoms with E-state index in [4.69, 9.17) is 16.0 Å². The molecule has 0 aliphatic rings. The van der Waals surface area contributed by atoms with E-state index in [0.717, 1.165) is 5.75 Å². The number of thioether (sulfide) groups is 1. The maximum atomic E-state index is 11.7. The predicted molar refractivity (Wildman–Crippen MR) is 72.9 cm³/mol. The van der Waals surface area contributed by atoms with E-state index < -0.39 is 0 Å². The number of nitrogens with one attached hydrogen (secondary N) is 1. The molecular weight excluding hydrogens is 258 g/mol. The fraction of sp³-hybridized carbons (Fsp3) is 0.583. The van der Waals surface area contributed by atoms with Gasteiger partial charge in [0.2, 0.25) is 0 Å². The molecule has 1 unspecified atom stereocenters. The first-order valence-corrected chi connectivity index (χ1v) is 7.13. The van der Waals surface area contributed by atoms with Crippen LogP contribution in [0.5, 0.6) is 0 Å². The number of alkyl halides is 1. The van der Waals surface area contributed by atoms with Crippen molar-refractivity contribution in [1.82, 2.24) is 5.32 Å². The molecule has 5 heteroatoms. The number of rotatable bonds is 6. The van der Waals surface area contributed by atoms with Crippen LogP contribution >= 0.6 is 23.4 Å². The fourth-order valence-electron chi connectivity index (χ4n) is 1.23. The van der Waals surface area contributed by atoms with Gasteiger partial charge in [-0.1, -0.05) is 13.8 Å². The summed E-state index contributed by atoms with van der Waals surface area (Å²) in [5, 5.41) is 3.18. The minimum Gasteiger partial charge on any atom is -0.454 e. The lowest BCUT2D eigenvalue weighted by molar-refractivity contribution is 0.0927. The summed E-state index contributed by atoms with van der Waals surface area (Å²) < 4.78 is 5.33. The molecule has 0 aliphatic heterocycles. The van der Waals surface area contributed by atoms with Crippen molar-refractivity contribution in [3.05, 3.63) is 23.7 Å². The maximum Gasteiger partial charge on any atom is 0.287 e. The summed E-state index contributed by atoms with van der Waals surface area (Å²) in [4.78, 5) is 11.7. The van der Waals surface area contributed by atoms with Gasteiger partial charge in [-0.15, -0.1) is 11.6 Å². The number of carbonyl (C=O) groups excluding carboxylic acids is 1. The molecule has 1 heterocycles. The number of furan rings is 1. The van der Waals surface area contributed by atoms with E-state index in [-0.39, 0.29) is 11.3 Å². The van der Waals surface area contributed by atoms with E-state index in [1.54, 1.807) is 19.1 Å². The van der Waals surface area contributed by atoms with Crippen LogP contribution in [0.3, 0.4) is 0 Å². The van der Waals surface area contributed by atoms with Crippen molar-refractivity contribution in [3.63, 3.8) is 0 Å². The minimum atomic E-state index is -0.215. The molecule has 17 heavy (non-hydrogen) atoms. The van der Waals surface area contributed by atoms with E-state index in [2.05, 4.69) is 19.2 Å². The van der Waals surface area contributed by atoms with Gasteiger partial charge in [-0.2, -0.15) is 11.8 Å². The minimum absolute atomic E-state index is 0.182. The summed E-state index contributed by atoms with van der Waals surface area (Å²) >= 11 is 7.67. The highest BCUT2D eigenvalue weighted by Gasteiger charge is 2.13. The van der Waals surface area contributed by atoms with Gasteiger partial charge >= 0.3 is 0 Å². The Kier molecular flexibility index (Phi) is 5.92. The van der Waals surface area contributed by atoms with Gasteiger partial charge in [-0.3, -0.25) is 4.79 Å². The number of halogens is 1. The molecule has 0 fully saturated rings. The first kappa shape index (κ1) is 14.5. The Morgan fingerprint density at radius 1 is 1.47 bits per heavy atom. The van der Waals surface area contributed by atoms with Crippen molar-refractivity contribution in [2.75, 3.05) is 12.3 Å². The highest BCUT2D eigenvalue weighted by Crippen LogP contribution is 2.21. The Labute approximate surface area is 111 Å². The normalized spacial score (nSPS) is 12.8. The SMILES string of the molecule is CC(C)SCCNC(=O)c1ccc(C(C)Cl)o1.